The molecule has 3 heterocycles. The van der Waals surface area contributed by atoms with Gasteiger partial charge < -0.3 is 9.80 Å². The van der Waals surface area contributed by atoms with Crippen molar-refractivity contribution < 1.29 is 4.79 Å². The molecule has 26 heavy (non-hydrogen) atoms. The molecule has 1 aromatic heterocycles. The molecular weight excluding hydrogens is 326 g/mol. The third-order valence-electron chi connectivity index (χ3n) is 4.93. The van der Waals surface area contributed by atoms with Crippen molar-refractivity contribution in [3.05, 3.63) is 54.2 Å². The molecule has 0 bridgehead atoms. The van der Waals surface area contributed by atoms with Gasteiger partial charge in [-0.15, -0.1) is 0 Å². The maximum Gasteiger partial charge on any atom is 0.253 e. The molecule has 2 aliphatic rings. The maximum absolute atomic E-state index is 12.8. The molecule has 0 spiro atoms. The Bertz CT molecular complexity index is 795. The van der Waals surface area contributed by atoms with Crippen molar-refractivity contribution in [1.82, 2.24) is 9.88 Å². The van der Waals surface area contributed by atoms with Crippen LogP contribution >= 0.6 is 0 Å². The van der Waals surface area contributed by atoms with Crippen LogP contribution in [0.25, 0.3) is 0 Å². The summed E-state index contributed by atoms with van der Waals surface area (Å²) in [5.41, 5.74) is 2.93. The van der Waals surface area contributed by atoms with Crippen LogP contribution in [0, 0.1) is 0 Å². The number of nitrogens with zero attached hydrogens (tertiary/aromatic N) is 5. The third kappa shape index (κ3) is 3.40. The SMILES string of the molecule is CC1=NN(c2ccc(C(=O)N3CCN(c4ccccn4)CC3)cc2)CC1. The second kappa shape index (κ2) is 7.15. The molecule has 2 aliphatic heterocycles. The Kier molecular flexibility index (Phi) is 4.56. The van der Waals surface area contributed by atoms with Crippen LogP contribution in [0.4, 0.5) is 11.5 Å². The molecule has 2 aromatic rings. The first kappa shape index (κ1) is 16.6. The summed E-state index contributed by atoms with van der Waals surface area (Å²) < 4.78 is 0. The Labute approximate surface area is 153 Å². The monoisotopic (exact) mass is 349 g/mol. The highest BCUT2D eigenvalue weighted by atomic mass is 16.2. The first-order valence-electron chi connectivity index (χ1n) is 9.08. The standard InChI is InChI=1S/C20H23N5O/c1-16-9-11-25(22-16)18-7-5-17(6-8-18)20(26)24-14-12-23(13-15-24)19-4-2-3-10-21-19/h2-8,10H,9,11-15H2,1H3. The first-order valence-corrected chi connectivity index (χ1v) is 9.08. The highest BCUT2D eigenvalue weighted by Crippen LogP contribution is 2.21. The zero-order chi connectivity index (χ0) is 17.9. The fourth-order valence-corrected chi connectivity index (χ4v) is 3.40. The average molecular weight is 349 g/mol. The van der Waals surface area contributed by atoms with Crippen LogP contribution in [0.1, 0.15) is 23.7 Å². The average Bonchev–Trinajstić information content (AvgIpc) is 3.15. The number of benzene rings is 1. The number of piperazine rings is 1. The van der Waals surface area contributed by atoms with Crippen molar-refractivity contribution in [2.75, 3.05) is 42.6 Å². The van der Waals surface area contributed by atoms with Crippen molar-refractivity contribution in [3.8, 4) is 0 Å². The first-order chi connectivity index (χ1) is 12.7. The van der Waals surface area contributed by atoms with Crippen LogP contribution in [0.15, 0.2) is 53.8 Å². The molecule has 0 saturated carbocycles. The summed E-state index contributed by atoms with van der Waals surface area (Å²) in [6, 6.07) is 13.7. The van der Waals surface area contributed by atoms with Gasteiger partial charge in [-0.3, -0.25) is 9.80 Å². The molecule has 1 fully saturated rings. The number of hydrazone groups is 1. The van der Waals surface area contributed by atoms with Crippen LogP contribution in [0.3, 0.4) is 0 Å². The van der Waals surface area contributed by atoms with Gasteiger partial charge in [-0.1, -0.05) is 6.07 Å². The number of rotatable bonds is 3. The van der Waals surface area contributed by atoms with E-state index in [-0.39, 0.29) is 5.91 Å². The number of carbonyl (C=O) groups is 1. The van der Waals surface area contributed by atoms with Crippen LogP contribution in [-0.4, -0.2) is 54.2 Å². The molecule has 134 valence electrons. The largest absolute Gasteiger partial charge is 0.353 e. The summed E-state index contributed by atoms with van der Waals surface area (Å²) >= 11 is 0. The molecule has 0 atom stereocenters. The molecule has 1 aromatic carbocycles. The van der Waals surface area contributed by atoms with Gasteiger partial charge >= 0.3 is 0 Å². The second-order valence-corrected chi connectivity index (χ2v) is 6.72. The minimum absolute atomic E-state index is 0.0957. The minimum Gasteiger partial charge on any atom is -0.353 e. The van der Waals surface area contributed by atoms with Gasteiger partial charge in [0, 0.05) is 56.6 Å². The van der Waals surface area contributed by atoms with Crippen molar-refractivity contribution >= 4 is 23.1 Å². The lowest BCUT2D eigenvalue weighted by Crippen LogP contribution is -2.49. The lowest BCUT2D eigenvalue weighted by Gasteiger charge is -2.35. The number of amides is 1. The van der Waals surface area contributed by atoms with E-state index in [2.05, 4.69) is 15.0 Å². The molecule has 0 N–H and O–H groups in total. The van der Waals surface area contributed by atoms with E-state index in [1.165, 1.54) is 0 Å². The fourth-order valence-electron chi connectivity index (χ4n) is 3.40. The lowest BCUT2D eigenvalue weighted by molar-refractivity contribution is 0.0746. The van der Waals surface area contributed by atoms with Gasteiger partial charge in [0.1, 0.15) is 5.82 Å². The predicted octanol–water partition coefficient (Wildman–Crippen LogP) is 2.63. The number of anilines is 2. The molecule has 0 radical (unpaired) electrons. The Morgan fingerprint density at radius 1 is 0.962 bits per heavy atom. The van der Waals surface area contributed by atoms with Crippen LogP contribution in [-0.2, 0) is 0 Å². The minimum atomic E-state index is 0.0957. The molecule has 0 unspecified atom stereocenters. The van der Waals surface area contributed by atoms with Crippen molar-refractivity contribution in [1.29, 1.82) is 0 Å². The summed E-state index contributed by atoms with van der Waals surface area (Å²) in [4.78, 5) is 21.3. The number of hydrogen-bond donors (Lipinski definition) is 0. The highest BCUT2D eigenvalue weighted by molar-refractivity contribution is 5.95. The molecule has 0 aliphatic carbocycles. The number of carbonyl (C=O) groups excluding carboxylic acids is 1. The summed E-state index contributed by atoms with van der Waals surface area (Å²) in [5.74, 6) is 1.07. The molecular formula is C20H23N5O. The highest BCUT2D eigenvalue weighted by Gasteiger charge is 2.23. The van der Waals surface area contributed by atoms with Gasteiger partial charge in [0.15, 0.2) is 0 Å². The quantitative estimate of drug-likeness (QED) is 0.855. The van der Waals surface area contributed by atoms with Gasteiger partial charge in [0.25, 0.3) is 5.91 Å². The van der Waals surface area contributed by atoms with E-state index in [1.807, 2.05) is 59.3 Å². The topological polar surface area (TPSA) is 52.0 Å². The number of hydrogen-bond acceptors (Lipinski definition) is 5. The van der Waals surface area contributed by atoms with Crippen LogP contribution < -0.4 is 9.91 Å². The van der Waals surface area contributed by atoms with Crippen molar-refractivity contribution in [3.63, 3.8) is 0 Å². The van der Waals surface area contributed by atoms with Gasteiger partial charge in [0.05, 0.1) is 5.69 Å². The van der Waals surface area contributed by atoms with Gasteiger partial charge in [0.2, 0.25) is 0 Å². The zero-order valence-corrected chi connectivity index (χ0v) is 15.0. The fraction of sp³-hybridized carbons (Fsp3) is 0.350. The zero-order valence-electron chi connectivity index (χ0n) is 15.0. The molecule has 4 rings (SSSR count). The normalized spacial score (nSPS) is 17.4. The van der Waals surface area contributed by atoms with Gasteiger partial charge in [-0.2, -0.15) is 5.10 Å². The van der Waals surface area contributed by atoms with Crippen LogP contribution in [0.5, 0.6) is 0 Å². The summed E-state index contributed by atoms with van der Waals surface area (Å²) in [6.45, 7) is 6.00. The summed E-state index contributed by atoms with van der Waals surface area (Å²) in [7, 11) is 0. The predicted molar refractivity (Wildman–Crippen MR) is 104 cm³/mol. The Hall–Kier alpha value is -2.89. The van der Waals surface area contributed by atoms with Crippen molar-refractivity contribution in [2.24, 2.45) is 5.10 Å². The second-order valence-electron chi connectivity index (χ2n) is 6.72. The third-order valence-corrected chi connectivity index (χ3v) is 4.93. The van der Waals surface area contributed by atoms with Gasteiger partial charge in [-0.25, -0.2) is 4.98 Å². The van der Waals surface area contributed by atoms with E-state index < -0.39 is 0 Å². The van der Waals surface area contributed by atoms with Crippen molar-refractivity contribution in [2.45, 2.75) is 13.3 Å². The van der Waals surface area contributed by atoms with E-state index in [0.29, 0.717) is 13.1 Å². The molecule has 1 amide bonds. The molecule has 6 heteroatoms. The smallest absolute Gasteiger partial charge is 0.253 e. The number of pyridine rings is 1. The summed E-state index contributed by atoms with van der Waals surface area (Å²) in [6.07, 6.45) is 2.81. The van der Waals surface area contributed by atoms with Gasteiger partial charge in [-0.05, 0) is 43.3 Å². The lowest BCUT2D eigenvalue weighted by atomic mass is 10.1. The Morgan fingerprint density at radius 3 is 2.35 bits per heavy atom. The Balaban J connectivity index is 1.38. The maximum atomic E-state index is 12.8. The van der Waals surface area contributed by atoms with E-state index in [0.717, 1.165) is 48.8 Å². The number of aromatic nitrogens is 1. The van der Waals surface area contributed by atoms with Crippen LogP contribution in [0.2, 0.25) is 0 Å². The van der Waals surface area contributed by atoms with E-state index in [9.17, 15) is 4.79 Å². The van der Waals surface area contributed by atoms with E-state index in [4.69, 9.17) is 0 Å². The Morgan fingerprint density at radius 2 is 1.73 bits per heavy atom. The molecule has 1 saturated heterocycles. The van der Waals surface area contributed by atoms with E-state index >= 15 is 0 Å². The molecule has 6 nitrogen and oxygen atoms in total. The summed E-state index contributed by atoms with van der Waals surface area (Å²) in [5, 5.41) is 6.50. The van der Waals surface area contributed by atoms with E-state index in [1.54, 1.807) is 6.20 Å².